The molecule has 0 radical (unpaired) electrons. The number of hydrogen-bond acceptors (Lipinski definition) is 5. The van der Waals surface area contributed by atoms with Gasteiger partial charge < -0.3 is 25.5 Å². The summed E-state index contributed by atoms with van der Waals surface area (Å²) in [5.41, 5.74) is 0. The monoisotopic (exact) mass is 244 g/mol. The maximum absolute atomic E-state index is 9.09. The van der Waals surface area contributed by atoms with Gasteiger partial charge in [-0.05, 0) is 0 Å². The average molecular weight is 245 g/mol. The van der Waals surface area contributed by atoms with Crippen molar-refractivity contribution in [3.63, 3.8) is 0 Å². The predicted molar refractivity (Wildman–Crippen MR) is 44.9 cm³/mol. The van der Waals surface area contributed by atoms with Crippen LogP contribution in [0.5, 0.6) is 0 Å². The first-order chi connectivity index (χ1) is 5.54. The Morgan fingerprint density at radius 2 is 1.33 bits per heavy atom. The van der Waals surface area contributed by atoms with E-state index in [-0.39, 0.29) is 5.33 Å². The number of halogens is 1. The molecule has 5 N–H and O–H groups in total. The smallest absolute Gasteiger partial charge is 0.111 e. The van der Waals surface area contributed by atoms with Gasteiger partial charge in [-0.3, -0.25) is 0 Å². The van der Waals surface area contributed by atoms with Crippen LogP contribution in [0.25, 0.3) is 0 Å². The molecular weight excluding hydrogens is 232 g/mol. The zero-order chi connectivity index (χ0) is 9.72. The molecule has 12 heavy (non-hydrogen) atoms. The van der Waals surface area contributed by atoms with Crippen molar-refractivity contribution in [2.75, 3.05) is 11.9 Å². The van der Waals surface area contributed by atoms with Crippen LogP contribution in [0.15, 0.2) is 0 Å². The lowest BCUT2D eigenvalue weighted by Gasteiger charge is -2.24. The standard InChI is InChI=1S/C6H13BrO5/c7-1-3(9)5(11)6(12)4(10)2-8/h3-6,8-12H,1-2H2. The van der Waals surface area contributed by atoms with Crippen LogP contribution >= 0.6 is 15.9 Å². The van der Waals surface area contributed by atoms with Crippen molar-refractivity contribution >= 4 is 15.9 Å². The van der Waals surface area contributed by atoms with E-state index in [9.17, 15) is 0 Å². The third-order valence-corrected chi connectivity index (χ3v) is 2.15. The van der Waals surface area contributed by atoms with Gasteiger partial charge in [0.2, 0.25) is 0 Å². The normalized spacial score (nSPS) is 21.5. The fourth-order valence-corrected chi connectivity index (χ4v) is 1.04. The van der Waals surface area contributed by atoms with Gasteiger partial charge in [-0.2, -0.15) is 0 Å². The lowest BCUT2D eigenvalue weighted by molar-refractivity contribution is -0.109. The van der Waals surface area contributed by atoms with E-state index in [0.29, 0.717) is 0 Å². The molecule has 0 aromatic carbocycles. The van der Waals surface area contributed by atoms with Crippen molar-refractivity contribution in [3.05, 3.63) is 0 Å². The molecular formula is C6H13BrO5. The molecule has 0 aromatic rings. The van der Waals surface area contributed by atoms with E-state index in [1.54, 1.807) is 0 Å². The fraction of sp³-hybridized carbons (Fsp3) is 1.00. The highest BCUT2D eigenvalue weighted by Gasteiger charge is 2.29. The Bertz CT molecular complexity index is 109. The quantitative estimate of drug-likeness (QED) is 0.354. The lowest BCUT2D eigenvalue weighted by atomic mass is 10.0. The second kappa shape index (κ2) is 5.85. The Labute approximate surface area is 78.4 Å². The fourth-order valence-electron chi connectivity index (χ4n) is 0.654. The Morgan fingerprint density at radius 1 is 0.917 bits per heavy atom. The molecule has 0 aliphatic carbocycles. The summed E-state index contributed by atoms with van der Waals surface area (Å²) in [7, 11) is 0. The highest BCUT2D eigenvalue weighted by atomic mass is 79.9. The lowest BCUT2D eigenvalue weighted by Crippen LogP contribution is -2.46. The molecule has 0 saturated heterocycles. The molecule has 0 spiro atoms. The third kappa shape index (κ3) is 3.34. The van der Waals surface area contributed by atoms with Gasteiger partial charge in [0, 0.05) is 5.33 Å². The van der Waals surface area contributed by atoms with Gasteiger partial charge in [-0.1, -0.05) is 15.9 Å². The van der Waals surface area contributed by atoms with Gasteiger partial charge in [-0.15, -0.1) is 0 Å². The van der Waals surface area contributed by atoms with Gasteiger partial charge in [0.1, 0.15) is 18.3 Å². The van der Waals surface area contributed by atoms with Crippen LogP contribution in [0.2, 0.25) is 0 Å². The largest absolute Gasteiger partial charge is 0.394 e. The predicted octanol–water partition coefficient (Wildman–Crippen LogP) is -2.18. The SMILES string of the molecule is OCC(O)C(O)C(O)C(O)CBr. The highest BCUT2D eigenvalue weighted by molar-refractivity contribution is 9.09. The van der Waals surface area contributed by atoms with Crippen molar-refractivity contribution in [2.45, 2.75) is 24.4 Å². The molecule has 4 unspecified atom stereocenters. The Morgan fingerprint density at radius 3 is 1.67 bits per heavy atom. The summed E-state index contributed by atoms with van der Waals surface area (Å²) in [6.45, 7) is -0.659. The van der Waals surface area contributed by atoms with Crippen LogP contribution in [0, 0.1) is 0 Å². The summed E-state index contributed by atoms with van der Waals surface area (Å²) < 4.78 is 0. The molecule has 0 aliphatic heterocycles. The van der Waals surface area contributed by atoms with Gasteiger partial charge in [0.15, 0.2) is 0 Å². The number of aliphatic hydroxyl groups excluding tert-OH is 5. The summed E-state index contributed by atoms with van der Waals surface area (Å²) >= 11 is 2.89. The van der Waals surface area contributed by atoms with Crippen LogP contribution < -0.4 is 0 Å². The van der Waals surface area contributed by atoms with Gasteiger partial charge in [0.25, 0.3) is 0 Å². The summed E-state index contributed by atoms with van der Waals surface area (Å²) in [4.78, 5) is 0. The minimum atomic E-state index is -1.54. The number of alkyl halides is 1. The molecule has 0 aromatic heterocycles. The third-order valence-electron chi connectivity index (χ3n) is 1.48. The minimum absolute atomic E-state index is 0.0867. The summed E-state index contributed by atoms with van der Waals surface area (Å²) in [5, 5.41) is 44.5. The maximum Gasteiger partial charge on any atom is 0.111 e. The van der Waals surface area contributed by atoms with Crippen LogP contribution in [0.4, 0.5) is 0 Å². The van der Waals surface area contributed by atoms with Crippen LogP contribution in [0.1, 0.15) is 0 Å². The van der Waals surface area contributed by atoms with Crippen molar-refractivity contribution in [3.8, 4) is 0 Å². The molecule has 6 heteroatoms. The molecule has 0 saturated carbocycles. The number of rotatable bonds is 5. The van der Waals surface area contributed by atoms with Crippen LogP contribution in [-0.2, 0) is 0 Å². The van der Waals surface area contributed by atoms with E-state index in [1.165, 1.54) is 0 Å². The molecule has 4 atom stereocenters. The second-order valence-corrected chi connectivity index (χ2v) is 3.10. The number of hydrogen-bond donors (Lipinski definition) is 5. The first kappa shape index (κ1) is 12.3. The van der Waals surface area contributed by atoms with Crippen LogP contribution in [0.3, 0.4) is 0 Å². The van der Waals surface area contributed by atoms with Crippen molar-refractivity contribution in [1.29, 1.82) is 0 Å². The highest BCUT2D eigenvalue weighted by Crippen LogP contribution is 2.06. The van der Waals surface area contributed by atoms with Crippen LogP contribution in [-0.4, -0.2) is 61.9 Å². The van der Waals surface area contributed by atoms with Crippen molar-refractivity contribution in [2.24, 2.45) is 0 Å². The second-order valence-electron chi connectivity index (χ2n) is 2.45. The Kier molecular flexibility index (Phi) is 5.98. The van der Waals surface area contributed by atoms with Gasteiger partial charge in [-0.25, -0.2) is 0 Å². The maximum atomic E-state index is 9.09. The van der Waals surface area contributed by atoms with E-state index in [0.717, 1.165) is 0 Å². The number of aliphatic hydroxyl groups is 5. The Hall–Kier alpha value is 0.280. The molecule has 0 amide bonds. The zero-order valence-electron chi connectivity index (χ0n) is 6.34. The minimum Gasteiger partial charge on any atom is -0.394 e. The van der Waals surface area contributed by atoms with E-state index >= 15 is 0 Å². The topological polar surface area (TPSA) is 101 Å². The summed E-state index contributed by atoms with van der Waals surface area (Å²) in [6.07, 6.45) is -5.61. The average Bonchev–Trinajstić information content (AvgIpc) is 2.12. The van der Waals surface area contributed by atoms with E-state index in [2.05, 4.69) is 15.9 Å². The molecule has 0 aliphatic rings. The van der Waals surface area contributed by atoms with Crippen molar-refractivity contribution in [1.82, 2.24) is 0 Å². The molecule has 0 bridgehead atoms. The first-order valence-electron chi connectivity index (χ1n) is 3.43. The molecule has 0 heterocycles. The Balaban J connectivity index is 3.99. The molecule has 5 nitrogen and oxygen atoms in total. The van der Waals surface area contributed by atoms with Gasteiger partial charge in [0.05, 0.1) is 12.7 Å². The molecule has 0 fully saturated rings. The first-order valence-corrected chi connectivity index (χ1v) is 4.55. The van der Waals surface area contributed by atoms with E-state index < -0.39 is 31.0 Å². The van der Waals surface area contributed by atoms with Gasteiger partial charge >= 0.3 is 0 Å². The molecule has 0 rings (SSSR count). The summed E-state index contributed by atoms with van der Waals surface area (Å²) in [5.74, 6) is 0. The van der Waals surface area contributed by atoms with E-state index in [1.807, 2.05) is 0 Å². The van der Waals surface area contributed by atoms with Crippen molar-refractivity contribution < 1.29 is 25.5 Å². The zero-order valence-corrected chi connectivity index (χ0v) is 7.92. The van der Waals surface area contributed by atoms with E-state index in [4.69, 9.17) is 25.5 Å². The summed E-state index contributed by atoms with van der Waals surface area (Å²) in [6, 6.07) is 0. The molecule has 74 valence electrons.